The largest absolute Gasteiger partial charge is 0.469 e. The maximum Gasteiger partial charge on any atom is 0.189 e. The van der Waals surface area contributed by atoms with E-state index in [4.69, 9.17) is 10.00 Å². The van der Waals surface area contributed by atoms with Crippen molar-refractivity contribution >= 4 is 11.8 Å². The van der Waals surface area contributed by atoms with Gasteiger partial charge in [-0.2, -0.15) is 5.26 Å². The molecule has 2 atom stereocenters. The fourth-order valence-electron chi connectivity index (χ4n) is 1.72. The molecule has 2 rings (SSSR count). The van der Waals surface area contributed by atoms with E-state index in [1.165, 1.54) is 0 Å². The Kier molecular flexibility index (Phi) is 11.1. The fraction of sp³-hybridized carbons (Fsp3) is 0.611. The second-order valence-corrected chi connectivity index (χ2v) is 6.75. The van der Waals surface area contributed by atoms with E-state index < -0.39 is 0 Å². The van der Waals surface area contributed by atoms with Gasteiger partial charge < -0.3 is 15.4 Å². The molecule has 0 aromatic heterocycles. The molecule has 2 heterocycles. The predicted octanol–water partition coefficient (Wildman–Crippen LogP) is 4.00. The van der Waals surface area contributed by atoms with Crippen LogP contribution in [0.4, 0.5) is 0 Å². The van der Waals surface area contributed by atoms with Crippen LogP contribution in [0.1, 0.15) is 48.5 Å². The first-order valence-corrected chi connectivity index (χ1v) is 9.42. The van der Waals surface area contributed by atoms with Gasteiger partial charge in [-0.1, -0.05) is 60.2 Å². The van der Waals surface area contributed by atoms with E-state index in [1.54, 1.807) is 11.8 Å². The first-order valence-electron chi connectivity index (χ1n) is 8.54. The van der Waals surface area contributed by atoms with Crippen molar-refractivity contribution in [2.24, 2.45) is 5.41 Å². The first kappa shape index (κ1) is 22.4. The molecular formula is C18H32N4OS. The number of nitrogens with zero attached hydrogens (tertiary/aromatic N) is 1. The van der Waals surface area contributed by atoms with Gasteiger partial charge in [0.25, 0.3) is 0 Å². The minimum atomic E-state index is -0.114. The number of allylic oxidation sites excluding steroid dienone is 2. The van der Waals surface area contributed by atoms with Gasteiger partial charge in [0.1, 0.15) is 11.3 Å². The third-order valence-electron chi connectivity index (χ3n) is 2.80. The molecule has 0 saturated heterocycles. The second-order valence-electron chi connectivity index (χ2n) is 5.57. The Hall–Kier alpha value is -1.58. The summed E-state index contributed by atoms with van der Waals surface area (Å²) in [7, 11) is 0. The molecule has 2 aliphatic heterocycles. The van der Waals surface area contributed by atoms with Crippen molar-refractivity contribution in [2.45, 2.75) is 60.2 Å². The Morgan fingerprint density at radius 2 is 1.92 bits per heavy atom. The van der Waals surface area contributed by atoms with Crippen LogP contribution in [0.25, 0.3) is 0 Å². The van der Waals surface area contributed by atoms with Crippen LogP contribution < -0.4 is 16.0 Å². The van der Waals surface area contributed by atoms with Crippen molar-refractivity contribution in [1.82, 2.24) is 16.0 Å². The second kappa shape index (κ2) is 11.9. The van der Waals surface area contributed by atoms with E-state index in [0.717, 1.165) is 10.7 Å². The van der Waals surface area contributed by atoms with E-state index in [1.807, 2.05) is 52.2 Å². The summed E-state index contributed by atoms with van der Waals surface area (Å²) in [4.78, 5) is 1.11. The molecule has 0 aromatic carbocycles. The summed E-state index contributed by atoms with van der Waals surface area (Å²) < 4.78 is 5.83. The van der Waals surface area contributed by atoms with Crippen LogP contribution in [0.15, 0.2) is 35.2 Å². The number of rotatable bonds is 4. The van der Waals surface area contributed by atoms with Crippen molar-refractivity contribution in [1.29, 1.82) is 5.26 Å². The van der Waals surface area contributed by atoms with Crippen LogP contribution in [0.2, 0.25) is 0 Å². The molecule has 0 fully saturated rings. The van der Waals surface area contributed by atoms with Crippen molar-refractivity contribution < 1.29 is 4.74 Å². The van der Waals surface area contributed by atoms with Crippen molar-refractivity contribution in [3.63, 3.8) is 0 Å². The molecule has 2 aliphatic rings. The number of ether oxygens (including phenoxy) is 1. The maximum absolute atomic E-state index is 8.52. The van der Waals surface area contributed by atoms with Crippen LogP contribution in [-0.4, -0.2) is 18.3 Å². The molecule has 2 unspecified atom stereocenters. The summed E-state index contributed by atoms with van der Waals surface area (Å²) in [6, 6.07) is 2.06. The molecule has 0 spiro atoms. The van der Waals surface area contributed by atoms with E-state index in [2.05, 4.69) is 42.8 Å². The number of thioether (sulfide) groups is 1. The Bertz CT molecular complexity index is 486. The van der Waals surface area contributed by atoms with E-state index in [-0.39, 0.29) is 17.1 Å². The zero-order valence-corrected chi connectivity index (χ0v) is 16.8. The van der Waals surface area contributed by atoms with Crippen LogP contribution in [0.3, 0.4) is 0 Å². The summed E-state index contributed by atoms with van der Waals surface area (Å²) in [6.07, 6.45) is 7.76. The van der Waals surface area contributed by atoms with Gasteiger partial charge in [0.2, 0.25) is 0 Å². The molecule has 24 heavy (non-hydrogen) atoms. The monoisotopic (exact) mass is 352 g/mol. The third kappa shape index (κ3) is 7.80. The molecule has 0 aromatic rings. The molecule has 0 aliphatic carbocycles. The highest BCUT2D eigenvalue weighted by Crippen LogP contribution is 2.30. The number of hydrogen-bond acceptors (Lipinski definition) is 6. The summed E-state index contributed by atoms with van der Waals surface area (Å²) in [6.45, 7) is 14.7. The van der Waals surface area contributed by atoms with Crippen molar-refractivity contribution in [2.75, 3.05) is 6.54 Å². The lowest BCUT2D eigenvalue weighted by Crippen LogP contribution is -2.33. The van der Waals surface area contributed by atoms with Crippen molar-refractivity contribution in [3.05, 3.63) is 35.2 Å². The molecule has 6 heteroatoms. The minimum Gasteiger partial charge on any atom is -0.469 e. The van der Waals surface area contributed by atoms with Crippen LogP contribution >= 0.6 is 11.8 Å². The average molecular weight is 353 g/mol. The summed E-state index contributed by atoms with van der Waals surface area (Å²) in [5, 5.41) is 17.9. The summed E-state index contributed by atoms with van der Waals surface area (Å²) in [5.74, 6) is 0.965. The van der Waals surface area contributed by atoms with Crippen LogP contribution in [0, 0.1) is 16.7 Å². The lowest BCUT2D eigenvalue weighted by molar-refractivity contribution is 0.123. The standard InChI is InChI=1S/C14H20N4OS.2C2H6/c1-14(2,3)11-9-17-12(19-11)5-4-10-8-18-13(20-10)16-7-6-15;2*1-2/h4-5,8-9,12-13,16-18H,7H2,1-3H3;2*1-2H3/b5-4+;;. The number of nitrogens with one attached hydrogen (secondary N) is 3. The Morgan fingerprint density at radius 3 is 2.46 bits per heavy atom. The lowest BCUT2D eigenvalue weighted by Gasteiger charge is -2.20. The van der Waals surface area contributed by atoms with Gasteiger partial charge in [0, 0.05) is 22.7 Å². The smallest absolute Gasteiger partial charge is 0.189 e. The lowest BCUT2D eigenvalue weighted by atomic mass is 9.95. The van der Waals surface area contributed by atoms with Crippen LogP contribution in [-0.2, 0) is 4.74 Å². The quantitative estimate of drug-likeness (QED) is 0.664. The Balaban J connectivity index is 0.00000123. The molecule has 0 saturated carbocycles. The molecular weight excluding hydrogens is 320 g/mol. The Labute approximate surface area is 151 Å². The zero-order chi connectivity index (χ0) is 18.6. The molecule has 0 radical (unpaired) electrons. The van der Waals surface area contributed by atoms with E-state index in [9.17, 15) is 0 Å². The topological polar surface area (TPSA) is 69.1 Å². The fourth-order valence-corrected chi connectivity index (χ4v) is 2.59. The van der Waals surface area contributed by atoms with Gasteiger partial charge >= 0.3 is 0 Å². The minimum absolute atomic E-state index is 0.0187. The Morgan fingerprint density at radius 1 is 1.25 bits per heavy atom. The highest BCUT2D eigenvalue weighted by Gasteiger charge is 2.25. The van der Waals surface area contributed by atoms with Crippen molar-refractivity contribution in [3.8, 4) is 6.07 Å². The molecule has 0 amide bonds. The number of nitriles is 1. The van der Waals surface area contributed by atoms with Gasteiger partial charge in [-0.05, 0) is 12.2 Å². The third-order valence-corrected chi connectivity index (χ3v) is 3.87. The van der Waals surface area contributed by atoms with Gasteiger partial charge in [0.05, 0.1) is 12.6 Å². The van der Waals surface area contributed by atoms with E-state index in [0.29, 0.717) is 6.54 Å². The van der Waals surface area contributed by atoms with E-state index >= 15 is 0 Å². The first-order chi connectivity index (χ1) is 11.5. The maximum atomic E-state index is 8.52. The average Bonchev–Trinajstić information content (AvgIpc) is 3.23. The van der Waals surface area contributed by atoms with Gasteiger partial charge in [0.15, 0.2) is 6.23 Å². The number of hydrogen-bond donors (Lipinski definition) is 3. The van der Waals surface area contributed by atoms with Gasteiger partial charge in [-0.3, -0.25) is 5.32 Å². The highest BCUT2D eigenvalue weighted by molar-refractivity contribution is 8.04. The normalized spacial score (nSPS) is 21.8. The highest BCUT2D eigenvalue weighted by atomic mass is 32.2. The van der Waals surface area contributed by atoms with Gasteiger partial charge in [-0.25, -0.2) is 0 Å². The SMILES string of the molecule is CC.CC.CC(C)(C)C1=CNC(/C=C/C2=CNC(NCC#N)S2)O1. The molecule has 136 valence electrons. The van der Waals surface area contributed by atoms with Gasteiger partial charge in [-0.15, -0.1) is 0 Å². The predicted molar refractivity (Wildman–Crippen MR) is 104 cm³/mol. The molecule has 3 N–H and O–H groups in total. The molecule has 0 bridgehead atoms. The zero-order valence-electron chi connectivity index (χ0n) is 15.9. The summed E-state index contributed by atoms with van der Waals surface area (Å²) in [5.41, 5.74) is 0.0835. The molecule has 5 nitrogen and oxygen atoms in total. The summed E-state index contributed by atoms with van der Waals surface area (Å²) >= 11 is 1.64. The van der Waals surface area contributed by atoms with Crippen LogP contribution in [0.5, 0.6) is 0 Å².